The molecule has 1 aromatic rings. The van der Waals surface area contributed by atoms with Gasteiger partial charge in [0.25, 0.3) is 0 Å². The summed E-state index contributed by atoms with van der Waals surface area (Å²) in [6.07, 6.45) is 5.62. The van der Waals surface area contributed by atoms with Crippen LogP contribution in [0, 0.1) is 0 Å². The minimum atomic E-state index is -0.409. The van der Waals surface area contributed by atoms with Gasteiger partial charge < -0.3 is 5.73 Å². The van der Waals surface area contributed by atoms with Crippen LogP contribution in [0.25, 0.3) is 0 Å². The molecule has 19 heavy (non-hydrogen) atoms. The smallest absolute Gasteiger partial charge is 0.186 e. The maximum absolute atomic E-state index is 13.0. The standard InChI is InChI=1S/C15H23N3O/c1-3-15(4-2,18-10-5-6-11-18)13(19)12-8-7-9-17-14(12)16/h7-9H,3-6,10-11H2,1-2H3,(H2,16,17). The highest BCUT2D eigenvalue weighted by atomic mass is 16.1. The number of anilines is 1. The van der Waals surface area contributed by atoms with E-state index in [2.05, 4.69) is 23.7 Å². The quantitative estimate of drug-likeness (QED) is 0.827. The highest BCUT2D eigenvalue weighted by Gasteiger charge is 2.42. The maximum atomic E-state index is 13.0. The number of hydrogen-bond donors (Lipinski definition) is 1. The Morgan fingerprint density at radius 2 is 2.00 bits per heavy atom. The minimum absolute atomic E-state index is 0.130. The molecule has 1 saturated heterocycles. The molecule has 0 aromatic carbocycles. The molecule has 4 heteroatoms. The molecule has 0 bridgehead atoms. The summed E-state index contributed by atoms with van der Waals surface area (Å²) in [5.74, 6) is 0.475. The Morgan fingerprint density at radius 1 is 1.37 bits per heavy atom. The first kappa shape index (κ1) is 14.0. The normalized spacial score (nSPS) is 16.7. The van der Waals surface area contributed by atoms with E-state index in [1.54, 1.807) is 18.3 Å². The third-order valence-corrected chi connectivity index (χ3v) is 4.39. The monoisotopic (exact) mass is 261 g/mol. The van der Waals surface area contributed by atoms with Gasteiger partial charge in [0, 0.05) is 6.20 Å². The van der Waals surface area contributed by atoms with Crippen LogP contribution in [-0.4, -0.2) is 34.3 Å². The van der Waals surface area contributed by atoms with Gasteiger partial charge in [-0.3, -0.25) is 9.69 Å². The van der Waals surface area contributed by atoms with Crippen molar-refractivity contribution >= 4 is 11.6 Å². The number of pyridine rings is 1. The van der Waals surface area contributed by atoms with Gasteiger partial charge in [0.1, 0.15) is 5.82 Å². The first-order valence-electron chi connectivity index (χ1n) is 7.16. The van der Waals surface area contributed by atoms with Crippen LogP contribution >= 0.6 is 0 Å². The lowest BCUT2D eigenvalue weighted by Gasteiger charge is -2.39. The molecule has 0 saturated carbocycles. The minimum Gasteiger partial charge on any atom is -0.383 e. The fourth-order valence-electron chi connectivity index (χ4n) is 3.17. The average Bonchev–Trinajstić information content (AvgIpc) is 2.96. The average molecular weight is 261 g/mol. The SMILES string of the molecule is CCC(CC)(C(=O)c1cccnc1N)N1CCCC1. The molecule has 2 N–H and O–H groups in total. The second kappa shape index (κ2) is 5.70. The Kier molecular flexibility index (Phi) is 4.20. The number of Topliss-reactive ketones (excluding diaryl/α,β-unsaturated/α-hetero) is 1. The van der Waals surface area contributed by atoms with Crippen molar-refractivity contribution in [1.29, 1.82) is 0 Å². The molecular weight excluding hydrogens is 238 g/mol. The summed E-state index contributed by atoms with van der Waals surface area (Å²) in [6.45, 7) is 6.19. The van der Waals surface area contributed by atoms with Gasteiger partial charge in [-0.15, -0.1) is 0 Å². The molecule has 0 unspecified atom stereocenters. The molecule has 0 aliphatic carbocycles. The third-order valence-electron chi connectivity index (χ3n) is 4.39. The van der Waals surface area contributed by atoms with E-state index >= 15 is 0 Å². The zero-order valence-corrected chi connectivity index (χ0v) is 11.9. The molecule has 1 aliphatic rings. The molecule has 0 atom stereocenters. The second-order valence-electron chi connectivity index (χ2n) is 5.20. The molecule has 4 nitrogen and oxygen atoms in total. The van der Waals surface area contributed by atoms with Crippen molar-refractivity contribution in [2.24, 2.45) is 0 Å². The van der Waals surface area contributed by atoms with Crippen molar-refractivity contribution < 1.29 is 4.79 Å². The van der Waals surface area contributed by atoms with Gasteiger partial charge in [-0.2, -0.15) is 0 Å². The first-order valence-corrected chi connectivity index (χ1v) is 7.16. The third kappa shape index (κ3) is 2.37. The number of aromatic nitrogens is 1. The Morgan fingerprint density at radius 3 is 2.53 bits per heavy atom. The largest absolute Gasteiger partial charge is 0.383 e. The van der Waals surface area contributed by atoms with Crippen LogP contribution in [0.3, 0.4) is 0 Å². The molecule has 2 rings (SSSR count). The number of rotatable bonds is 5. The van der Waals surface area contributed by atoms with Gasteiger partial charge in [-0.1, -0.05) is 13.8 Å². The van der Waals surface area contributed by atoms with Crippen molar-refractivity contribution in [2.75, 3.05) is 18.8 Å². The lowest BCUT2D eigenvalue weighted by atomic mass is 9.83. The predicted molar refractivity (Wildman–Crippen MR) is 77.1 cm³/mol. The zero-order valence-electron chi connectivity index (χ0n) is 11.9. The van der Waals surface area contributed by atoms with Crippen molar-refractivity contribution in [1.82, 2.24) is 9.88 Å². The number of carbonyl (C=O) groups excluding carboxylic acids is 1. The number of ketones is 1. The Balaban J connectivity index is 2.38. The Labute approximate surface area is 115 Å². The summed E-state index contributed by atoms with van der Waals surface area (Å²) in [5.41, 5.74) is 6.03. The predicted octanol–water partition coefficient (Wildman–Crippen LogP) is 2.50. The lowest BCUT2D eigenvalue weighted by molar-refractivity contribution is 0.0582. The molecule has 1 aliphatic heterocycles. The van der Waals surface area contributed by atoms with E-state index in [4.69, 9.17) is 5.73 Å². The van der Waals surface area contributed by atoms with E-state index in [9.17, 15) is 4.79 Å². The second-order valence-corrected chi connectivity index (χ2v) is 5.20. The number of nitrogens with zero attached hydrogens (tertiary/aromatic N) is 2. The number of hydrogen-bond acceptors (Lipinski definition) is 4. The van der Waals surface area contributed by atoms with E-state index in [1.807, 2.05) is 0 Å². The van der Waals surface area contributed by atoms with Crippen LogP contribution < -0.4 is 5.73 Å². The van der Waals surface area contributed by atoms with Crippen molar-refractivity contribution in [3.8, 4) is 0 Å². The topological polar surface area (TPSA) is 59.2 Å². The van der Waals surface area contributed by atoms with Crippen LogP contribution in [0.4, 0.5) is 5.82 Å². The molecule has 0 spiro atoms. The summed E-state index contributed by atoms with van der Waals surface area (Å²) in [6, 6.07) is 3.57. The molecule has 1 aromatic heterocycles. The van der Waals surface area contributed by atoms with E-state index in [0.29, 0.717) is 11.4 Å². The summed E-state index contributed by atoms with van der Waals surface area (Å²) in [4.78, 5) is 19.4. The fraction of sp³-hybridized carbons (Fsp3) is 0.600. The van der Waals surface area contributed by atoms with E-state index < -0.39 is 5.54 Å². The first-order chi connectivity index (χ1) is 9.15. The molecule has 104 valence electrons. The van der Waals surface area contributed by atoms with Gasteiger partial charge >= 0.3 is 0 Å². The molecule has 1 fully saturated rings. The van der Waals surface area contributed by atoms with Crippen LogP contribution in [0.2, 0.25) is 0 Å². The number of likely N-dealkylation sites (tertiary alicyclic amines) is 1. The lowest BCUT2D eigenvalue weighted by Crippen LogP contribution is -2.52. The number of nitrogen functional groups attached to an aromatic ring is 1. The van der Waals surface area contributed by atoms with Gasteiger partial charge in [0.2, 0.25) is 0 Å². The van der Waals surface area contributed by atoms with Crippen molar-refractivity contribution in [3.05, 3.63) is 23.9 Å². The Hall–Kier alpha value is -1.42. The van der Waals surface area contributed by atoms with Crippen LogP contribution in [0.5, 0.6) is 0 Å². The highest BCUT2D eigenvalue weighted by Crippen LogP contribution is 2.32. The van der Waals surface area contributed by atoms with Gasteiger partial charge in [0.05, 0.1) is 11.1 Å². The van der Waals surface area contributed by atoms with Gasteiger partial charge in [0.15, 0.2) is 5.78 Å². The van der Waals surface area contributed by atoms with Crippen molar-refractivity contribution in [3.63, 3.8) is 0 Å². The maximum Gasteiger partial charge on any atom is 0.186 e. The van der Waals surface area contributed by atoms with Crippen molar-refractivity contribution in [2.45, 2.75) is 45.1 Å². The summed E-state index contributed by atoms with van der Waals surface area (Å²) in [7, 11) is 0. The molecular formula is C15H23N3O. The number of nitrogens with two attached hydrogens (primary N) is 1. The summed E-state index contributed by atoms with van der Waals surface area (Å²) >= 11 is 0. The molecule has 2 heterocycles. The van der Waals surface area contributed by atoms with Crippen LogP contribution in [0.15, 0.2) is 18.3 Å². The van der Waals surface area contributed by atoms with Crippen LogP contribution in [0.1, 0.15) is 49.9 Å². The summed E-state index contributed by atoms with van der Waals surface area (Å²) < 4.78 is 0. The van der Waals surface area contributed by atoms with E-state index in [1.165, 1.54) is 12.8 Å². The zero-order chi connectivity index (χ0) is 13.9. The number of carbonyl (C=O) groups is 1. The van der Waals surface area contributed by atoms with Gasteiger partial charge in [-0.25, -0.2) is 4.98 Å². The van der Waals surface area contributed by atoms with Crippen LogP contribution in [-0.2, 0) is 0 Å². The summed E-state index contributed by atoms with van der Waals surface area (Å²) in [5, 5.41) is 0. The highest BCUT2D eigenvalue weighted by molar-refractivity contribution is 6.06. The van der Waals surface area contributed by atoms with Gasteiger partial charge in [-0.05, 0) is 50.9 Å². The Bertz CT molecular complexity index is 448. The molecule has 0 amide bonds. The van der Waals surface area contributed by atoms with E-state index in [-0.39, 0.29) is 5.78 Å². The molecule has 0 radical (unpaired) electrons. The fourth-order valence-corrected chi connectivity index (χ4v) is 3.17. The van der Waals surface area contributed by atoms with E-state index in [0.717, 1.165) is 25.9 Å².